The van der Waals surface area contributed by atoms with Crippen LogP contribution < -0.4 is 0 Å². The number of nitrogens with zero attached hydrogens (tertiary/aromatic N) is 1. The van der Waals surface area contributed by atoms with E-state index in [4.69, 9.17) is 14.2 Å². The highest BCUT2D eigenvalue weighted by atomic mass is 16.7. The zero-order valence-electron chi connectivity index (χ0n) is 14.8. The first-order chi connectivity index (χ1) is 12.4. The van der Waals surface area contributed by atoms with E-state index in [0.29, 0.717) is 18.7 Å². The molecule has 1 aromatic carbocycles. The summed E-state index contributed by atoms with van der Waals surface area (Å²) in [4.78, 5) is 38.5. The summed E-state index contributed by atoms with van der Waals surface area (Å²) in [5.74, 6) is -2.86. The van der Waals surface area contributed by atoms with E-state index in [-0.39, 0.29) is 12.2 Å². The molecule has 1 aromatic rings. The summed E-state index contributed by atoms with van der Waals surface area (Å²) in [6.45, 7) is 3.45. The monoisotopic (exact) mass is 359 g/mol. The third kappa shape index (κ3) is 3.87. The van der Waals surface area contributed by atoms with E-state index in [9.17, 15) is 14.4 Å². The van der Waals surface area contributed by atoms with E-state index in [1.54, 1.807) is 0 Å². The Morgan fingerprint density at radius 3 is 2.42 bits per heavy atom. The van der Waals surface area contributed by atoms with Crippen LogP contribution in [0, 0.1) is 0 Å². The number of hydrogen-bond acceptors (Lipinski definition) is 6. The number of amides is 1. The van der Waals surface area contributed by atoms with Crippen molar-refractivity contribution < 1.29 is 28.6 Å². The summed E-state index contributed by atoms with van der Waals surface area (Å²) >= 11 is 0. The molecule has 0 spiro atoms. The molecular weight excluding hydrogens is 338 g/mol. The number of esters is 2. The number of benzene rings is 1. The highest BCUT2D eigenvalue weighted by Crippen LogP contribution is 2.31. The van der Waals surface area contributed by atoms with Gasteiger partial charge in [0.2, 0.25) is 0 Å². The van der Waals surface area contributed by atoms with E-state index in [2.05, 4.69) is 0 Å². The highest BCUT2D eigenvalue weighted by Gasteiger charge is 2.43. The number of allylic oxidation sites excluding steroid dienone is 1. The minimum atomic E-state index is -1.31. The van der Waals surface area contributed by atoms with Crippen molar-refractivity contribution in [1.29, 1.82) is 0 Å². The first-order valence-electron chi connectivity index (χ1n) is 8.55. The van der Waals surface area contributed by atoms with E-state index in [1.807, 2.05) is 30.3 Å². The summed E-state index contributed by atoms with van der Waals surface area (Å²) in [5.41, 5.74) is 0.936. The summed E-state index contributed by atoms with van der Waals surface area (Å²) in [6.07, 6.45) is 1.32. The fourth-order valence-electron chi connectivity index (χ4n) is 2.98. The summed E-state index contributed by atoms with van der Waals surface area (Å²) in [5, 5.41) is 0. The Hall–Kier alpha value is -2.83. The van der Waals surface area contributed by atoms with Gasteiger partial charge >= 0.3 is 18.0 Å². The maximum Gasteiger partial charge on any atom is 0.414 e. The molecule has 2 aliphatic rings. The Morgan fingerprint density at radius 2 is 1.77 bits per heavy atom. The van der Waals surface area contributed by atoms with Gasteiger partial charge in [-0.15, -0.1) is 0 Å². The molecule has 0 bridgehead atoms. The molecule has 2 saturated heterocycles. The Labute approximate surface area is 151 Å². The minimum Gasteiger partial charge on any atom is -0.444 e. The molecule has 0 radical (unpaired) electrons. The van der Waals surface area contributed by atoms with Gasteiger partial charge in [0.1, 0.15) is 6.61 Å². The predicted molar refractivity (Wildman–Crippen MR) is 90.5 cm³/mol. The fraction of sp³-hybridized carbons (Fsp3) is 0.421. The lowest BCUT2D eigenvalue weighted by molar-refractivity contribution is -0.222. The Bertz CT molecular complexity index is 731. The van der Waals surface area contributed by atoms with Crippen molar-refractivity contribution in [3.8, 4) is 0 Å². The second kappa shape index (κ2) is 7.19. The number of ether oxygens (including phenoxy) is 3. The van der Waals surface area contributed by atoms with Crippen molar-refractivity contribution in [2.24, 2.45) is 0 Å². The maximum absolute atomic E-state index is 12.5. The molecule has 26 heavy (non-hydrogen) atoms. The maximum atomic E-state index is 12.5. The summed E-state index contributed by atoms with van der Waals surface area (Å²) in [6, 6.07) is 9.28. The third-order valence-corrected chi connectivity index (χ3v) is 4.17. The number of carbonyl (C=O) groups is 3. The largest absolute Gasteiger partial charge is 0.444 e. The molecule has 0 N–H and O–H groups in total. The lowest BCUT2D eigenvalue weighted by Gasteiger charge is -2.34. The van der Waals surface area contributed by atoms with Crippen molar-refractivity contribution >= 4 is 18.0 Å². The van der Waals surface area contributed by atoms with Crippen LogP contribution in [0.3, 0.4) is 0 Å². The number of rotatable bonds is 2. The number of piperidine rings is 1. The Balaban J connectivity index is 1.80. The van der Waals surface area contributed by atoms with Crippen LogP contribution in [0.15, 0.2) is 41.6 Å². The van der Waals surface area contributed by atoms with Crippen LogP contribution in [-0.4, -0.2) is 35.3 Å². The molecular formula is C19H21NO6. The van der Waals surface area contributed by atoms with Gasteiger partial charge in [-0.25, -0.2) is 14.4 Å². The number of hydrogen-bond donors (Lipinski definition) is 0. The van der Waals surface area contributed by atoms with E-state index in [0.717, 1.165) is 18.4 Å². The van der Waals surface area contributed by atoms with Crippen LogP contribution in [0.4, 0.5) is 4.79 Å². The molecule has 1 amide bonds. The van der Waals surface area contributed by atoms with Gasteiger partial charge in [0.05, 0.1) is 0 Å². The van der Waals surface area contributed by atoms with Crippen molar-refractivity contribution in [2.75, 3.05) is 6.54 Å². The van der Waals surface area contributed by atoms with Crippen LogP contribution in [0.1, 0.15) is 38.7 Å². The van der Waals surface area contributed by atoms with Gasteiger partial charge < -0.3 is 14.2 Å². The first-order valence-corrected chi connectivity index (χ1v) is 8.55. The lowest BCUT2D eigenvalue weighted by Crippen LogP contribution is -2.45. The first kappa shape index (κ1) is 18.0. The fourth-order valence-corrected chi connectivity index (χ4v) is 2.98. The highest BCUT2D eigenvalue weighted by molar-refractivity contribution is 6.16. The van der Waals surface area contributed by atoms with Crippen molar-refractivity contribution in [1.82, 2.24) is 4.90 Å². The van der Waals surface area contributed by atoms with Crippen LogP contribution in [-0.2, 0) is 30.4 Å². The molecule has 3 rings (SSSR count). The van der Waals surface area contributed by atoms with E-state index >= 15 is 0 Å². The van der Waals surface area contributed by atoms with Gasteiger partial charge in [-0.2, -0.15) is 0 Å². The van der Waals surface area contributed by atoms with Gasteiger partial charge in [0.25, 0.3) is 5.79 Å². The van der Waals surface area contributed by atoms with Gasteiger partial charge in [0, 0.05) is 26.1 Å². The SMILES string of the molecule is CC1(C)OC(=O)C(=C2CCCCN2C(=O)OCc2ccccc2)C(=O)O1. The van der Waals surface area contributed by atoms with Gasteiger partial charge in [-0.05, 0) is 24.8 Å². The molecule has 0 saturated carbocycles. The molecule has 0 unspecified atom stereocenters. The quantitative estimate of drug-likeness (QED) is 0.459. The summed E-state index contributed by atoms with van der Waals surface area (Å²) < 4.78 is 15.6. The lowest BCUT2D eigenvalue weighted by atomic mass is 10.0. The van der Waals surface area contributed by atoms with Crippen molar-refractivity contribution in [3.05, 3.63) is 47.2 Å². The van der Waals surface area contributed by atoms with Gasteiger partial charge in [0.15, 0.2) is 5.57 Å². The second-order valence-corrected chi connectivity index (χ2v) is 6.65. The van der Waals surface area contributed by atoms with Crippen molar-refractivity contribution in [2.45, 2.75) is 45.5 Å². The average molecular weight is 359 g/mol. The number of cyclic esters (lactones) is 2. The predicted octanol–water partition coefficient (Wildman–Crippen LogP) is 2.90. The number of carbonyl (C=O) groups excluding carboxylic acids is 3. The van der Waals surface area contributed by atoms with Crippen LogP contribution in [0.2, 0.25) is 0 Å². The Kier molecular flexibility index (Phi) is 4.97. The normalized spacial score (nSPS) is 19.7. The average Bonchev–Trinajstić information content (AvgIpc) is 2.59. The zero-order chi connectivity index (χ0) is 18.7. The van der Waals surface area contributed by atoms with Gasteiger partial charge in [-0.1, -0.05) is 30.3 Å². The van der Waals surface area contributed by atoms with Crippen LogP contribution >= 0.6 is 0 Å². The molecule has 2 heterocycles. The molecule has 2 fully saturated rings. The number of likely N-dealkylation sites (tertiary alicyclic amines) is 1. The standard InChI is InChI=1S/C19H21NO6/c1-19(2)25-16(21)15(17(22)26-19)14-10-6-7-11-20(14)18(23)24-12-13-8-4-3-5-9-13/h3-5,8-9H,6-7,10-12H2,1-2H3. The van der Waals surface area contributed by atoms with Crippen LogP contribution in [0.25, 0.3) is 0 Å². The van der Waals surface area contributed by atoms with Crippen molar-refractivity contribution in [3.63, 3.8) is 0 Å². The minimum absolute atomic E-state index is 0.112. The Morgan fingerprint density at radius 1 is 1.12 bits per heavy atom. The summed E-state index contributed by atoms with van der Waals surface area (Å²) in [7, 11) is 0. The second-order valence-electron chi connectivity index (χ2n) is 6.65. The molecule has 0 aromatic heterocycles. The van der Waals surface area contributed by atoms with Gasteiger partial charge in [-0.3, -0.25) is 4.90 Å². The van der Waals surface area contributed by atoms with Crippen LogP contribution in [0.5, 0.6) is 0 Å². The third-order valence-electron chi connectivity index (χ3n) is 4.17. The zero-order valence-corrected chi connectivity index (χ0v) is 14.8. The topological polar surface area (TPSA) is 82.1 Å². The molecule has 2 aliphatic heterocycles. The molecule has 0 atom stereocenters. The molecule has 0 aliphatic carbocycles. The van der Waals surface area contributed by atoms with E-state index < -0.39 is 23.8 Å². The molecule has 138 valence electrons. The molecule has 7 nitrogen and oxygen atoms in total. The molecule has 7 heteroatoms. The van der Waals surface area contributed by atoms with E-state index in [1.165, 1.54) is 18.7 Å². The smallest absolute Gasteiger partial charge is 0.414 e.